The van der Waals surface area contributed by atoms with Crippen LogP contribution in [0.5, 0.6) is 0 Å². The van der Waals surface area contributed by atoms with Gasteiger partial charge in [-0.2, -0.15) is 0 Å². The third kappa shape index (κ3) is 3.65. The molecule has 6 nitrogen and oxygen atoms in total. The minimum atomic E-state index is -0.647. The van der Waals surface area contributed by atoms with Crippen molar-refractivity contribution in [2.45, 2.75) is 55.9 Å². The molecule has 0 amide bonds. The van der Waals surface area contributed by atoms with Gasteiger partial charge in [-0.3, -0.25) is 0 Å². The lowest BCUT2D eigenvalue weighted by molar-refractivity contribution is -0.175. The predicted molar refractivity (Wildman–Crippen MR) is 64.6 cm³/mol. The maximum atomic E-state index is 9.83. The van der Waals surface area contributed by atoms with Crippen molar-refractivity contribution in [1.82, 2.24) is 0 Å². The molecule has 0 saturated carbocycles. The summed E-state index contributed by atoms with van der Waals surface area (Å²) in [5.74, 6) is -0.647. The molecule has 3 fully saturated rings. The predicted octanol–water partition coefficient (Wildman–Crippen LogP) is -0.191. The second kappa shape index (κ2) is 5.63. The minimum absolute atomic E-state index is 0.0103. The van der Waals surface area contributed by atoms with Gasteiger partial charge in [0.2, 0.25) is 0 Å². The zero-order valence-corrected chi connectivity index (χ0v) is 11.0. The van der Waals surface area contributed by atoms with E-state index >= 15 is 0 Å². The van der Waals surface area contributed by atoms with Crippen molar-refractivity contribution < 1.29 is 29.2 Å². The van der Waals surface area contributed by atoms with E-state index in [9.17, 15) is 10.2 Å². The summed E-state index contributed by atoms with van der Waals surface area (Å²) in [4.78, 5) is 0. The normalized spacial score (nSPS) is 35.1. The number of aliphatic hydroxyl groups excluding tert-OH is 2. The third-order valence-electron chi connectivity index (χ3n) is 4.03. The number of epoxide rings is 2. The Bertz CT molecular complexity index is 272. The van der Waals surface area contributed by atoms with E-state index in [0.29, 0.717) is 52.1 Å². The summed E-state index contributed by atoms with van der Waals surface area (Å²) in [6, 6.07) is 0. The minimum Gasteiger partial charge on any atom is -0.390 e. The molecule has 0 aromatic carbocycles. The van der Waals surface area contributed by atoms with E-state index in [1.165, 1.54) is 0 Å². The number of hydrogen-bond acceptors (Lipinski definition) is 6. The Labute approximate surface area is 112 Å². The average Bonchev–Trinajstić information content (AvgIpc) is 3.31. The van der Waals surface area contributed by atoms with Crippen LogP contribution in [0.25, 0.3) is 0 Å². The Kier molecular flexibility index (Phi) is 4.07. The van der Waals surface area contributed by atoms with Crippen molar-refractivity contribution >= 4 is 0 Å². The van der Waals surface area contributed by atoms with E-state index in [2.05, 4.69) is 0 Å². The first-order valence-corrected chi connectivity index (χ1v) is 7.06. The van der Waals surface area contributed by atoms with Crippen LogP contribution in [0.2, 0.25) is 0 Å². The molecule has 0 radical (unpaired) electrons. The Morgan fingerprint density at radius 3 is 1.68 bits per heavy atom. The fourth-order valence-electron chi connectivity index (χ4n) is 2.57. The van der Waals surface area contributed by atoms with Gasteiger partial charge in [0, 0.05) is 12.8 Å². The smallest absolute Gasteiger partial charge is 0.168 e. The van der Waals surface area contributed by atoms with Crippen LogP contribution in [0.15, 0.2) is 0 Å². The molecule has 3 saturated heterocycles. The van der Waals surface area contributed by atoms with Crippen molar-refractivity contribution in [3.63, 3.8) is 0 Å². The standard InChI is InChI=1S/C13H22O6/c14-9(11-7-16-11)1-3-13(18-5-6-19-13)4-2-10(15)12-8-17-12/h9-12,14-15H,1-8H2/t9-,10-,11+,12+/m0/s1. The van der Waals surface area contributed by atoms with Crippen LogP contribution in [-0.4, -0.2) is 66.8 Å². The highest BCUT2D eigenvalue weighted by molar-refractivity contribution is 4.85. The van der Waals surface area contributed by atoms with E-state index in [0.717, 1.165) is 0 Å². The van der Waals surface area contributed by atoms with Crippen LogP contribution in [-0.2, 0) is 18.9 Å². The summed E-state index contributed by atoms with van der Waals surface area (Å²) in [7, 11) is 0. The lowest BCUT2D eigenvalue weighted by Crippen LogP contribution is -2.34. The monoisotopic (exact) mass is 274 g/mol. The number of ether oxygens (including phenoxy) is 4. The highest BCUT2D eigenvalue weighted by Crippen LogP contribution is 2.33. The topological polar surface area (TPSA) is 84.0 Å². The molecule has 0 aromatic rings. The second-order valence-electron chi connectivity index (χ2n) is 5.56. The van der Waals surface area contributed by atoms with Gasteiger partial charge in [-0.05, 0) is 12.8 Å². The Morgan fingerprint density at radius 2 is 1.32 bits per heavy atom. The van der Waals surface area contributed by atoms with Crippen molar-refractivity contribution in [2.75, 3.05) is 26.4 Å². The number of hydrogen-bond donors (Lipinski definition) is 2. The second-order valence-corrected chi connectivity index (χ2v) is 5.56. The molecule has 3 heterocycles. The van der Waals surface area contributed by atoms with Gasteiger partial charge in [0.1, 0.15) is 12.2 Å². The summed E-state index contributed by atoms with van der Waals surface area (Å²) in [5.41, 5.74) is 0. The van der Waals surface area contributed by atoms with Gasteiger partial charge < -0.3 is 29.2 Å². The van der Waals surface area contributed by atoms with Crippen LogP contribution in [0, 0.1) is 0 Å². The SMILES string of the molecule is O[C@@H](CCC1(CC[C@H](O)[C@H]2CO2)OCCO1)[C@H]1CO1. The first-order chi connectivity index (χ1) is 9.19. The Morgan fingerprint density at radius 1 is 0.895 bits per heavy atom. The largest absolute Gasteiger partial charge is 0.390 e. The maximum Gasteiger partial charge on any atom is 0.168 e. The summed E-state index contributed by atoms with van der Waals surface area (Å²) < 4.78 is 21.6. The molecule has 3 aliphatic rings. The molecule has 3 aliphatic heterocycles. The molecule has 0 bridgehead atoms. The molecule has 6 heteroatoms. The van der Waals surface area contributed by atoms with Crippen LogP contribution in [0.4, 0.5) is 0 Å². The number of aliphatic hydroxyl groups is 2. The third-order valence-corrected chi connectivity index (χ3v) is 4.03. The molecule has 0 aromatic heterocycles. The maximum absolute atomic E-state index is 9.83. The van der Waals surface area contributed by atoms with Crippen molar-refractivity contribution in [3.05, 3.63) is 0 Å². The molecule has 0 spiro atoms. The highest BCUT2D eigenvalue weighted by Gasteiger charge is 2.41. The molecule has 3 rings (SSSR count). The van der Waals surface area contributed by atoms with Crippen LogP contribution >= 0.6 is 0 Å². The zero-order chi connectivity index (χ0) is 13.3. The average molecular weight is 274 g/mol. The van der Waals surface area contributed by atoms with Crippen LogP contribution < -0.4 is 0 Å². The summed E-state index contributed by atoms with van der Waals surface area (Å²) in [6.07, 6.45) is 1.55. The number of rotatable bonds is 8. The van der Waals surface area contributed by atoms with Gasteiger partial charge in [-0.1, -0.05) is 0 Å². The van der Waals surface area contributed by atoms with Crippen LogP contribution in [0.3, 0.4) is 0 Å². The molecule has 2 N–H and O–H groups in total. The molecule has 0 aliphatic carbocycles. The van der Waals surface area contributed by atoms with Crippen molar-refractivity contribution in [2.24, 2.45) is 0 Å². The zero-order valence-electron chi connectivity index (χ0n) is 11.0. The van der Waals surface area contributed by atoms with E-state index < -0.39 is 18.0 Å². The molecule has 110 valence electrons. The summed E-state index contributed by atoms with van der Waals surface area (Å²) in [6.45, 7) is 2.44. The molecule has 0 unspecified atom stereocenters. The first kappa shape index (κ1) is 13.7. The lowest BCUT2D eigenvalue weighted by atomic mass is 9.98. The highest BCUT2D eigenvalue weighted by atomic mass is 16.7. The lowest BCUT2D eigenvalue weighted by Gasteiger charge is -2.29. The van der Waals surface area contributed by atoms with Gasteiger partial charge >= 0.3 is 0 Å². The van der Waals surface area contributed by atoms with E-state index in [1.54, 1.807) is 0 Å². The van der Waals surface area contributed by atoms with Gasteiger partial charge in [0.15, 0.2) is 5.79 Å². The van der Waals surface area contributed by atoms with E-state index in [-0.39, 0.29) is 12.2 Å². The van der Waals surface area contributed by atoms with Gasteiger partial charge in [0.05, 0.1) is 38.6 Å². The Balaban J connectivity index is 1.46. The summed E-state index contributed by atoms with van der Waals surface area (Å²) in [5, 5.41) is 19.7. The molecular formula is C13H22O6. The van der Waals surface area contributed by atoms with Gasteiger partial charge in [-0.25, -0.2) is 0 Å². The van der Waals surface area contributed by atoms with Gasteiger partial charge in [-0.15, -0.1) is 0 Å². The molecule has 4 atom stereocenters. The van der Waals surface area contributed by atoms with E-state index in [1.807, 2.05) is 0 Å². The van der Waals surface area contributed by atoms with Crippen molar-refractivity contribution in [1.29, 1.82) is 0 Å². The quantitative estimate of drug-likeness (QED) is 0.597. The summed E-state index contributed by atoms with van der Waals surface area (Å²) >= 11 is 0. The molecule has 19 heavy (non-hydrogen) atoms. The van der Waals surface area contributed by atoms with Crippen molar-refractivity contribution in [3.8, 4) is 0 Å². The fraction of sp³-hybridized carbons (Fsp3) is 1.00. The molecular weight excluding hydrogens is 252 g/mol. The fourth-order valence-corrected chi connectivity index (χ4v) is 2.57. The van der Waals surface area contributed by atoms with E-state index in [4.69, 9.17) is 18.9 Å². The van der Waals surface area contributed by atoms with Gasteiger partial charge in [0.25, 0.3) is 0 Å². The first-order valence-electron chi connectivity index (χ1n) is 7.06. The Hall–Kier alpha value is -0.240. The van der Waals surface area contributed by atoms with Crippen LogP contribution in [0.1, 0.15) is 25.7 Å².